The van der Waals surface area contributed by atoms with Gasteiger partial charge in [-0.25, -0.2) is 0 Å². The van der Waals surface area contributed by atoms with Gasteiger partial charge < -0.3 is 9.64 Å². The number of nitrogens with zero attached hydrogens (tertiary/aromatic N) is 2. The van der Waals surface area contributed by atoms with Crippen molar-refractivity contribution in [3.05, 3.63) is 94.0 Å². The molecule has 36 heavy (non-hydrogen) atoms. The van der Waals surface area contributed by atoms with Crippen molar-refractivity contribution in [1.29, 1.82) is 0 Å². The van der Waals surface area contributed by atoms with E-state index >= 15 is 0 Å². The SMILES string of the molecule is CC(=Nc1ccccc1C)C1CCCCN1C(=O)c1c(C)cc(C)cc1C.COc1ccc(C)cc1. The summed E-state index contributed by atoms with van der Waals surface area (Å²) < 4.78 is 4.97. The summed E-state index contributed by atoms with van der Waals surface area (Å²) in [7, 11) is 1.67. The maximum atomic E-state index is 13.5. The van der Waals surface area contributed by atoms with Gasteiger partial charge in [-0.1, -0.05) is 53.6 Å². The third-order valence-electron chi connectivity index (χ3n) is 6.81. The third-order valence-corrected chi connectivity index (χ3v) is 6.81. The Hall–Kier alpha value is -3.40. The first-order valence-corrected chi connectivity index (χ1v) is 12.8. The maximum absolute atomic E-state index is 13.5. The van der Waals surface area contributed by atoms with Crippen LogP contribution in [0.1, 0.15) is 64.4 Å². The van der Waals surface area contributed by atoms with Crippen molar-refractivity contribution in [2.45, 2.75) is 66.8 Å². The first-order chi connectivity index (χ1) is 17.2. The van der Waals surface area contributed by atoms with E-state index in [4.69, 9.17) is 9.73 Å². The van der Waals surface area contributed by atoms with Gasteiger partial charge in [0.1, 0.15) is 5.75 Å². The molecule has 1 atom stereocenters. The van der Waals surface area contributed by atoms with Crippen LogP contribution in [0.15, 0.2) is 65.7 Å². The third kappa shape index (κ3) is 6.84. The zero-order valence-corrected chi connectivity index (χ0v) is 22.9. The van der Waals surface area contributed by atoms with Gasteiger partial charge in [0.05, 0.1) is 18.8 Å². The van der Waals surface area contributed by atoms with Gasteiger partial charge in [-0.3, -0.25) is 9.79 Å². The predicted octanol–water partition coefficient (Wildman–Crippen LogP) is 7.71. The lowest BCUT2D eigenvalue weighted by atomic mass is 9.94. The smallest absolute Gasteiger partial charge is 0.254 e. The van der Waals surface area contributed by atoms with E-state index in [0.29, 0.717) is 0 Å². The van der Waals surface area contributed by atoms with Crippen molar-refractivity contribution >= 4 is 17.3 Å². The summed E-state index contributed by atoms with van der Waals surface area (Å²) >= 11 is 0. The number of carbonyl (C=O) groups excluding carboxylic acids is 1. The Morgan fingerprint density at radius 3 is 2.11 bits per heavy atom. The zero-order chi connectivity index (χ0) is 26.2. The largest absolute Gasteiger partial charge is 0.497 e. The number of rotatable bonds is 4. The van der Waals surface area contributed by atoms with Gasteiger partial charge in [0.25, 0.3) is 5.91 Å². The van der Waals surface area contributed by atoms with E-state index < -0.39 is 0 Å². The number of aliphatic imine (C=N–C) groups is 1. The minimum absolute atomic E-state index is 0.0750. The summed E-state index contributed by atoms with van der Waals surface area (Å²) in [4.78, 5) is 20.4. The molecule has 1 amide bonds. The van der Waals surface area contributed by atoms with Gasteiger partial charge >= 0.3 is 0 Å². The Kier molecular flexibility index (Phi) is 9.46. The molecule has 1 aliphatic heterocycles. The average molecular weight is 485 g/mol. The topological polar surface area (TPSA) is 41.9 Å². The summed E-state index contributed by atoms with van der Waals surface area (Å²) in [5, 5.41) is 0. The van der Waals surface area contributed by atoms with Crippen molar-refractivity contribution in [2.75, 3.05) is 13.7 Å². The van der Waals surface area contributed by atoms with Crippen LogP contribution < -0.4 is 4.74 Å². The fourth-order valence-corrected chi connectivity index (χ4v) is 4.90. The summed E-state index contributed by atoms with van der Waals surface area (Å²) in [5.74, 6) is 1.06. The quantitative estimate of drug-likeness (QED) is 0.356. The number of piperidine rings is 1. The van der Waals surface area contributed by atoms with Gasteiger partial charge in [0.15, 0.2) is 0 Å². The molecule has 0 radical (unpaired) electrons. The molecule has 0 aliphatic carbocycles. The number of aryl methyl sites for hydroxylation is 5. The molecule has 3 aromatic carbocycles. The number of hydrogen-bond acceptors (Lipinski definition) is 3. The predicted molar refractivity (Wildman–Crippen MR) is 151 cm³/mol. The minimum Gasteiger partial charge on any atom is -0.497 e. The van der Waals surface area contributed by atoms with Crippen LogP contribution in [0, 0.1) is 34.6 Å². The fourth-order valence-electron chi connectivity index (χ4n) is 4.90. The van der Waals surface area contributed by atoms with Crippen LogP contribution in [0.4, 0.5) is 5.69 Å². The van der Waals surface area contributed by atoms with Crippen LogP contribution in [0.3, 0.4) is 0 Å². The van der Waals surface area contributed by atoms with Crippen LogP contribution in [0.25, 0.3) is 0 Å². The van der Waals surface area contributed by atoms with Crippen molar-refractivity contribution in [2.24, 2.45) is 4.99 Å². The number of hydrogen-bond donors (Lipinski definition) is 0. The molecule has 4 nitrogen and oxygen atoms in total. The van der Waals surface area contributed by atoms with Crippen LogP contribution in [0.2, 0.25) is 0 Å². The second kappa shape index (κ2) is 12.5. The Balaban J connectivity index is 0.000000338. The molecule has 1 unspecified atom stereocenters. The van der Waals surface area contributed by atoms with Crippen molar-refractivity contribution in [3.63, 3.8) is 0 Å². The Bertz CT molecular complexity index is 1190. The second-order valence-corrected chi connectivity index (χ2v) is 9.84. The van der Waals surface area contributed by atoms with E-state index in [1.807, 2.05) is 61.2 Å². The van der Waals surface area contributed by atoms with E-state index in [2.05, 4.69) is 45.9 Å². The molecular weight excluding hydrogens is 444 g/mol. The highest BCUT2D eigenvalue weighted by Crippen LogP contribution is 2.26. The molecule has 0 aromatic heterocycles. The highest BCUT2D eigenvalue weighted by Gasteiger charge is 2.31. The molecule has 1 aliphatic rings. The molecule has 1 heterocycles. The summed E-state index contributed by atoms with van der Waals surface area (Å²) in [6.07, 6.45) is 3.18. The minimum atomic E-state index is 0.0750. The Morgan fingerprint density at radius 2 is 1.50 bits per heavy atom. The number of para-hydroxylation sites is 1. The van der Waals surface area contributed by atoms with Gasteiger partial charge in [0, 0.05) is 17.8 Å². The van der Waals surface area contributed by atoms with Crippen molar-refractivity contribution in [3.8, 4) is 5.75 Å². The second-order valence-electron chi connectivity index (χ2n) is 9.84. The van der Waals surface area contributed by atoms with E-state index in [1.54, 1.807) is 7.11 Å². The Labute approximate surface area is 217 Å². The lowest BCUT2D eigenvalue weighted by molar-refractivity contribution is 0.0678. The van der Waals surface area contributed by atoms with Crippen LogP contribution >= 0.6 is 0 Å². The van der Waals surface area contributed by atoms with Gasteiger partial charge in [-0.2, -0.15) is 0 Å². The average Bonchev–Trinajstić information content (AvgIpc) is 2.85. The molecule has 4 rings (SSSR count). The van der Waals surface area contributed by atoms with E-state index in [9.17, 15) is 4.79 Å². The van der Waals surface area contributed by atoms with Crippen molar-refractivity contribution < 1.29 is 9.53 Å². The molecule has 1 saturated heterocycles. The lowest BCUT2D eigenvalue weighted by Gasteiger charge is -2.36. The van der Waals surface area contributed by atoms with Gasteiger partial charge in [0.2, 0.25) is 0 Å². The summed E-state index contributed by atoms with van der Waals surface area (Å²) in [6.45, 7) is 13.2. The number of methoxy groups -OCH3 is 1. The number of ether oxygens (including phenoxy) is 1. The highest BCUT2D eigenvalue weighted by molar-refractivity contribution is 6.01. The van der Waals surface area contributed by atoms with Gasteiger partial charge in [-0.05, 0) is 95.7 Å². The fraction of sp³-hybridized carbons (Fsp3) is 0.375. The lowest BCUT2D eigenvalue weighted by Crippen LogP contribution is -2.47. The number of amides is 1. The Morgan fingerprint density at radius 1 is 0.861 bits per heavy atom. The molecule has 3 aromatic rings. The molecule has 1 fully saturated rings. The maximum Gasteiger partial charge on any atom is 0.254 e. The van der Waals surface area contributed by atoms with E-state index in [0.717, 1.165) is 65.2 Å². The van der Waals surface area contributed by atoms with Crippen LogP contribution in [-0.4, -0.2) is 36.2 Å². The first kappa shape index (κ1) is 27.2. The molecule has 0 spiro atoms. The number of carbonyl (C=O) groups is 1. The monoisotopic (exact) mass is 484 g/mol. The van der Waals surface area contributed by atoms with E-state index in [-0.39, 0.29) is 11.9 Å². The zero-order valence-electron chi connectivity index (χ0n) is 22.9. The molecule has 4 heteroatoms. The number of benzene rings is 3. The van der Waals surface area contributed by atoms with Gasteiger partial charge in [-0.15, -0.1) is 0 Å². The molecule has 0 saturated carbocycles. The highest BCUT2D eigenvalue weighted by atomic mass is 16.5. The standard InChI is InChI=1S/C24H30N2O.C8H10O/c1-16-14-18(3)23(19(4)15-16)24(27)26-13-9-8-12-22(26)20(5)25-21-11-7-6-10-17(21)2;1-7-3-5-8(9-2)6-4-7/h6-7,10-11,14-15,22H,8-9,12-13H2,1-5H3;3-6H,1-2H3. The van der Waals surface area contributed by atoms with Crippen molar-refractivity contribution in [1.82, 2.24) is 4.90 Å². The molecule has 190 valence electrons. The number of likely N-dealkylation sites (tertiary alicyclic amines) is 1. The molecule has 0 bridgehead atoms. The van der Waals surface area contributed by atoms with Crippen LogP contribution in [0.5, 0.6) is 5.75 Å². The molecular formula is C32H40N2O2. The normalized spacial score (nSPS) is 15.7. The summed E-state index contributed by atoms with van der Waals surface area (Å²) in [6, 6.07) is 20.4. The first-order valence-electron chi connectivity index (χ1n) is 12.8. The van der Waals surface area contributed by atoms with E-state index in [1.165, 1.54) is 11.1 Å². The van der Waals surface area contributed by atoms with Crippen LogP contribution in [-0.2, 0) is 0 Å². The molecule has 0 N–H and O–H groups in total. The summed E-state index contributed by atoms with van der Waals surface area (Å²) in [5.41, 5.74) is 8.64.